The normalized spacial score (nSPS) is 15.4. The van der Waals surface area contributed by atoms with Gasteiger partial charge in [-0.2, -0.15) is 0 Å². The fourth-order valence-corrected chi connectivity index (χ4v) is 5.86. The maximum Gasteiger partial charge on any atom is 0.296 e. The summed E-state index contributed by atoms with van der Waals surface area (Å²) in [7, 11) is 0. The minimum Gasteiger partial charge on any atom is -0.503 e. The zero-order valence-electron chi connectivity index (χ0n) is 20.4. The molecule has 0 bridgehead atoms. The van der Waals surface area contributed by atoms with Gasteiger partial charge in [0.05, 0.1) is 18.2 Å². The van der Waals surface area contributed by atoms with Gasteiger partial charge in [-0.3, -0.25) is 14.5 Å². The smallest absolute Gasteiger partial charge is 0.296 e. The van der Waals surface area contributed by atoms with Gasteiger partial charge < -0.3 is 14.3 Å². The van der Waals surface area contributed by atoms with E-state index in [0.717, 1.165) is 16.9 Å². The Balaban J connectivity index is 1.48. The van der Waals surface area contributed by atoms with Crippen LogP contribution in [-0.4, -0.2) is 33.6 Å². The number of hydrogen-bond acceptors (Lipinski definition) is 9. The number of amides is 1. The van der Waals surface area contributed by atoms with Crippen molar-refractivity contribution >= 4 is 39.9 Å². The summed E-state index contributed by atoms with van der Waals surface area (Å²) in [5.74, 6) is -0.642. The van der Waals surface area contributed by atoms with Crippen molar-refractivity contribution in [3.8, 4) is 5.75 Å². The number of ketones is 1. The molecular formula is C27H22FN3O5S2. The van der Waals surface area contributed by atoms with Crippen LogP contribution < -0.4 is 9.64 Å². The molecule has 0 fully saturated rings. The Kier molecular flexibility index (Phi) is 7.30. The van der Waals surface area contributed by atoms with Gasteiger partial charge in [-0.15, -0.1) is 10.2 Å². The number of furan rings is 1. The maximum atomic E-state index is 13.5. The van der Waals surface area contributed by atoms with Gasteiger partial charge in [0.1, 0.15) is 17.3 Å². The van der Waals surface area contributed by atoms with Crippen LogP contribution in [0.2, 0.25) is 0 Å². The predicted octanol–water partition coefficient (Wildman–Crippen LogP) is 6.05. The van der Waals surface area contributed by atoms with Gasteiger partial charge in [-0.1, -0.05) is 47.4 Å². The van der Waals surface area contributed by atoms with E-state index in [-0.39, 0.29) is 22.3 Å². The van der Waals surface area contributed by atoms with Gasteiger partial charge in [-0.05, 0) is 61.4 Å². The topological polar surface area (TPSA) is 106 Å². The van der Waals surface area contributed by atoms with E-state index >= 15 is 0 Å². The van der Waals surface area contributed by atoms with Gasteiger partial charge >= 0.3 is 0 Å². The first-order chi connectivity index (χ1) is 18.4. The molecule has 0 spiro atoms. The molecule has 1 amide bonds. The molecular weight excluding hydrogens is 529 g/mol. The lowest BCUT2D eigenvalue weighted by Crippen LogP contribution is -2.31. The molecule has 1 aliphatic heterocycles. The third kappa shape index (κ3) is 5.07. The molecule has 1 N–H and O–H groups in total. The number of anilines is 1. The molecule has 3 heterocycles. The number of ether oxygens (including phenoxy) is 1. The summed E-state index contributed by atoms with van der Waals surface area (Å²) in [5, 5.41) is 19.5. The lowest BCUT2D eigenvalue weighted by molar-refractivity contribution is -0.117. The average molecular weight is 552 g/mol. The Labute approximate surface area is 225 Å². The van der Waals surface area contributed by atoms with E-state index in [2.05, 4.69) is 10.2 Å². The third-order valence-electron chi connectivity index (χ3n) is 5.80. The van der Waals surface area contributed by atoms with Crippen molar-refractivity contribution in [1.29, 1.82) is 0 Å². The number of hydrogen-bond donors (Lipinski definition) is 1. The van der Waals surface area contributed by atoms with Gasteiger partial charge in [-0.25, -0.2) is 4.39 Å². The van der Waals surface area contributed by atoms with Gasteiger partial charge in [0.25, 0.3) is 5.91 Å². The average Bonchev–Trinajstić information content (AvgIpc) is 3.63. The van der Waals surface area contributed by atoms with Gasteiger partial charge in [0, 0.05) is 5.75 Å². The zero-order valence-corrected chi connectivity index (χ0v) is 22.0. The number of Topliss-reactive ketones (excluding diaryl/α,β-unsaturated/α-hetero) is 1. The van der Waals surface area contributed by atoms with Crippen LogP contribution in [0.3, 0.4) is 0 Å². The quantitative estimate of drug-likeness (QED) is 0.152. The lowest BCUT2D eigenvalue weighted by atomic mass is 9.95. The van der Waals surface area contributed by atoms with Crippen LogP contribution in [0, 0.1) is 12.7 Å². The number of aryl methyl sites for hydroxylation is 1. The Hall–Kier alpha value is -3.96. The molecule has 1 unspecified atom stereocenters. The first kappa shape index (κ1) is 25.7. The Morgan fingerprint density at radius 2 is 1.87 bits per heavy atom. The van der Waals surface area contributed by atoms with Gasteiger partial charge in [0.15, 0.2) is 15.9 Å². The highest BCUT2D eigenvalue weighted by atomic mass is 32.2. The highest BCUT2D eigenvalue weighted by Crippen LogP contribution is 2.44. The molecule has 1 atom stereocenters. The number of halogens is 1. The Morgan fingerprint density at radius 1 is 1.13 bits per heavy atom. The van der Waals surface area contributed by atoms with Crippen LogP contribution in [0.25, 0.3) is 0 Å². The van der Waals surface area contributed by atoms with Crippen LogP contribution in [-0.2, 0) is 10.5 Å². The summed E-state index contributed by atoms with van der Waals surface area (Å²) in [6.07, 6.45) is 0. The van der Waals surface area contributed by atoms with Crippen molar-refractivity contribution in [2.24, 2.45) is 0 Å². The minimum absolute atomic E-state index is 0.0162. The van der Waals surface area contributed by atoms with E-state index in [9.17, 15) is 19.1 Å². The largest absolute Gasteiger partial charge is 0.503 e. The van der Waals surface area contributed by atoms with Crippen molar-refractivity contribution in [1.82, 2.24) is 10.2 Å². The fraction of sp³-hybridized carbons (Fsp3) is 0.185. The zero-order chi connectivity index (χ0) is 26.8. The Bertz CT molecular complexity index is 1510. The monoisotopic (exact) mass is 551 g/mol. The molecule has 2 aromatic heterocycles. The van der Waals surface area contributed by atoms with Crippen molar-refractivity contribution in [2.45, 2.75) is 30.0 Å². The molecule has 1 aliphatic rings. The highest BCUT2D eigenvalue weighted by Gasteiger charge is 2.46. The van der Waals surface area contributed by atoms with Crippen molar-refractivity contribution in [3.63, 3.8) is 0 Å². The molecule has 0 saturated carbocycles. The summed E-state index contributed by atoms with van der Waals surface area (Å²) in [6, 6.07) is 15.3. The molecule has 38 heavy (non-hydrogen) atoms. The second kappa shape index (κ2) is 10.8. The second-order valence-electron chi connectivity index (χ2n) is 8.35. The standard InChI is InChI=1S/C27H22FN3O5S2/c1-3-35-19-11-7-17(8-12-19)22-21(23(32)20-13-4-15(2)36-20)24(33)25(34)31(22)26-29-30-27(38-26)37-14-16-5-9-18(28)10-6-16/h4-13,22,33H,3,14H2,1-2H3. The summed E-state index contributed by atoms with van der Waals surface area (Å²) in [5.41, 5.74) is 1.37. The minimum atomic E-state index is -0.959. The number of aliphatic hydroxyl groups excluding tert-OH is 1. The summed E-state index contributed by atoms with van der Waals surface area (Å²) in [4.78, 5) is 28.1. The lowest BCUT2D eigenvalue weighted by Gasteiger charge is -2.24. The maximum absolute atomic E-state index is 13.5. The number of nitrogens with zero attached hydrogens (tertiary/aromatic N) is 3. The van der Waals surface area contributed by atoms with E-state index < -0.39 is 23.5 Å². The second-order valence-corrected chi connectivity index (χ2v) is 10.5. The molecule has 11 heteroatoms. The summed E-state index contributed by atoms with van der Waals surface area (Å²) < 4.78 is 24.8. The number of thioether (sulfide) groups is 1. The number of aliphatic hydroxyl groups is 1. The van der Waals surface area contributed by atoms with Crippen LogP contribution in [0.4, 0.5) is 9.52 Å². The molecule has 4 aromatic rings. The molecule has 194 valence electrons. The van der Waals surface area contributed by atoms with Crippen molar-refractivity contribution in [3.05, 3.63) is 100 Å². The molecule has 8 nitrogen and oxygen atoms in total. The van der Waals surface area contributed by atoms with E-state index in [4.69, 9.17) is 9.15 Å². The van der Waals surface area contributed by atoms with E-state index in [1.807, 2.05) is 6.92 Å². The molecule has 0 aliphatic carbocycles. The highest BCUT2D eigenvalue weighted by molar-refractivity contribution is 8.00. The number of carbonyl (C=O) groups excluding carboxylic acids is 2. The van der Waals surface area contributed by atoms with E-state index in [0.29, 0.717) is 33.8 Å². The number of aromatic nitrogens is 2. The van der Waals surface area contributed by atoms with E-state index in [1.54, 1.807) is 49.4 Å². The first-order valence-electron chi connectivity index (χ1n) is 11.7. The number of carbonyl (C=O) groups is 2. The molecule has 0 saturated heterocycles. The summed E-state index contributed by atoms with van der Waals surface area (Å²) in [6.45, 7) is 4.06. The molecule has 5 rings (SSSR count). The molecule has 0 radical (unpaired) electrons. The number of rotatable bonds is 9. The van der Waals surface area contributed by atoms with Crippen molar-refractivity contribution in [2.75, 3.05) is 11.5 Å². The Morgan fingerprint density at radius 3 is 2.53 bits per heavy atom. The summed E-state index contributed by atoms with van der Waals surface area (Å²) >= 11 is 2.54. The van der Waals surface area contributed by atoms with Crippen LogP contribution in [0.15, 0.2) is 80.8 Å². The van der Waals surface area contributed by atoms with Crippen molar-refractivity contribution < 1.29 is 28.2 Å². The molecule has 2 aromatic carbocycles. The number of benzene rings is 2. The van der Waals surface area contributed by atoms with E-state index in [1.165, 1.54) is 34.9 Å². The first-order valence-corrected chi connectivity index (χ1v) is 13.5. The third-order valence-corrected chi connectivity index (χ3v) is 7.93. The fourth-order valence-electron chi connectivity index (χ4n) is 4.04. The SMILES string of the molecule is CCOc1ccc(C2C(C(=O)c3ccc(C)o3)=C(O)C(=O)N2c2nnc(SCc3ccc(F)cc3)s2)cc1. The van der Waals surface area contributed by atoms with Gasteiger partial charge in [0.2, 0.25) is 10.9 Å². The van der Waals surface area contributed by atoms with Crippen LogP contribution in [0.1, 0.15) is 40.4 Å². The van der Waals surface area contributed by atoms with Crippen LogP contribution in [0.5, 0.6) is 5.75 Å². The van der Waals surface area contributed by atoms with Crippen LogP contribution >= 0.6 is 23.1 Å². The predicted molar refractivity (Wildman–Crippen MR) is 141 cm³/mol.